The topological polar surface area (TPSA) is 42.2 Å². The van der Waals surface area contributed by atoms with Crippen molar-refractivity contribution in [2.45, 2.75) is 24.7 Å². The van der Waals surface area contributed by atoms with Crippen LogP contribution in [0.25, 0.3) is 0 Å². The van der Waals surface area contributed by atoms with Crippen molar-refractivity contribution >= 4 is 0 Å². The van der Waals surface area contributed by atoms with E-state index in [1.54, 1.807) is 12.1 Å². The number of benzene rings is 1. The van der Waals surface area contributed by atoms with Crippen molar-refractivity contribution in [2.75, 3.05) is 14.2 Å². The number of hydrogen-bond donors (Lipinski definition) is 0. The molecule has 1 aromatic rings. The molecule has 90 valence electrons. The van der Waals surface area contributed by atoms with Crippen LogP contribution >= 0.6 is 0 Å². The van der Waals surface area contributed by atoms with Crippen LogP contribution in [0.2, 0.25) is 0 Å². The van der Waals surface area contributed by atoms with Crippen molar-refractivity contribution in [3.8, 4) is 17.6 Å². The monoisotopic (exact) mass is 235 g/mol. The van der Waals surface area contributed by atoms with E-state index in [1.807, 2.05) is 0 Å². The normalized spacial score (nSPS) is 16.8. The van der Waals surface area contributed by atoms with Gasteiger partial charge in [0.05, 0.1) is 25.7 Å². The van der Waals surface area contributed by atoms with Gasteiger partial charge in [0.15, 0.2) is 11.5 Å². The van der Waals surface area contributed by atoms with Gasteiger partial charge in [-0.15, -0.1) is 0 Å². The van der Waals surface area contributed by atoms with Crippen molar-refractivity contribution in [1.82, 2.24) is 0 Å². The molecule has 0 heterocycles. The first-order valence-corrected chi connectivity index (χ1v) is 5.51. The molecule has 17 heavy (non-hydrogen) atoms. The molecule has 0 aromatic heterocycles. The predicted molar refractivity (Wildman–Crippen MR) is 60.6 cm³/mol. The summed E-state index contributed by atoms with van der Waals surface area (Å²) in [5, 5.41) is 9.27. The van der Waals surface area contributed by atoms with E-state index < -0.39 is 11.2 Å². The molecule has 0 saturated heterocycles. The van der Waals surface area contributed by atoms with E-state index in [1.165, 1.54) is 14.2 Å². The largest absolute Gasteiger partial charge is 0.494 e. The highest BCUT2D eigenvalue weighted by Crippen LogP contribution is 2.48. The van der Waals surface area contributed by atoms with Gasteiger partial charge in [0.1, 0.15) is 0 Å². The SMILES string of the molecule is COc1ccc(C2(C#N)CCC2)c(OC)c1F. The highest BCUT2D eigenvalue weighted by Gasteiger charge is 2.42. The zero-order valence-electron chi connectivity index (χ0n) is 9.92. The highest BCUT2D eigenvalue weighted by molar-refractivity contribution is 5.50. The molecule has 0 bridgehead atoms. The number of rotatable bonds is 3. The molecule has 0 spiro atoms. The molecule has 1 aliphatic carbocycles. The lowest BCUT2D eigenvalue weighted by atomic mass is 9.65. The summed E-state index contributed by atoms with van der Waals surface area (Å²) in [6, 6.07) is 5.55. The average molecular weight is 235 g/mol. The van der Waals surface area contributed by atoms with Gasteiger partial charge in [-0.1, -0.05) is 0 Å². The van der Waals surface area contributed by atoms with Gasteiger partial charge in [-0.25, -0.2) is 0 Å². The van der Waals surface area contributed by atoms with E-state index >= 15 is 0 Å². The van der Waals surface area contributed by atoms with Crippen LogP contribution < -0.4 is 9.47 Å². The molecule has 4 heteroatoms. The Balaban J connectivity index is 2.56. The standard InChI is InChI=1S/C13H14FNO2/c1-16-10-5-4-9(12(17-2)11(10)14)13(8-15)6-3-7-13/h4-5H,3,6-7H2,1-2H3. The van der Waals surface area contributed by atoms with Crippen molar-refractivity contribution in [3.05, 3.63) is 23.5 Å². The van der Waals surface area contributed by atoms with E-state index in [0.717, 1.165) is 19.3 Å². The molecule has 0 amide bonds. The minimum Gasteiger partial charge on any atom is -0.494 e. The Morgan fingerprint density at radius 3 is 2.41 bits per heavy atom. The Hall–Kier alpha value is -1.76. The Morgan fingerprint density at radius 1 is 1.29 bits per heavy atom. The van der Waals surface area contributed by atoms with E-state index in [4.69, 9.17) is 9.47 Å². The molecule has 2 rings (SSSR count). The van der Waals surface area contributed by atoms with Crippen LogP contribution in [-0.4, -0.2) is 14.2 Å². The van der Waals surface area contributed by atoms with Gasteiger partial charge < -0.3 is 9.47 Å². The lowest BCUT2D eigenvalue weighted by molar-refractivity contribution is 0.294. The fourth-order valence-electron chi connectivity index (χ4n) is 2.24. The summed E-state index contributed by atoms with van der Waals surface area (Å²) in [4.78, 5) is 0. The molecular formula is C13H14FNO2. The quantitative estimate of drug-likeness (QED) is 0.809. The maximum Gasteiger partial charge on any atom is 0.207 e. The summed E-state index contributed by atoms with van der Waals surface area (Å²) in [6.45, 7) is 0. The third kappa shape index (κ3) is 1.62. The van der Waals surface area contributed by atoms with Crippen LogP contribution in [0.1, 0.15) is 24.8 Å². The molecule has 0 aliphatic heterocycles. The zero-order valence-corrected chi connectivity index (χ0v) is 9.92. The summed E-state index contributed by atoms with van der Waals surface area (Å²) in [6.07, 6.45) is 2.50. The minimum atomic E-state index is -0.585. The Kier molecular flexibility index (Phi) is 2.93. The third-order valence-electron chi connectivity index (χ3n) is 3.42. The predicted octanol–water partition coefficient (Wildman–Crippen LogP) is 2.79. The van der Waals surface area contributed by atoms with Gasteiger partial charge in [-0.3, -0.25) is 0 Å². The van der Waals surface area contributed by atoms with Gasteiger partial charge in [-0.2, -0.15) is 9.65 Å². The van der Waals surface area contributed by atoms with Crippen LogP contribution in [-0.2, 0) is 5.41 Å². The number of nitriles is 1. The number of halogens is 1. The lowest BCUT2D eigenvalue weighted by Crippen LogP contribution is -2.33. The van der Waals surface area contributed by atoms with E-state index in [2.05, 4.69) is 6.07 Å². The second-order valence-corrected chi connectivity index (χ2v) is 4.21. The van der Waals surface area contributed by atoms with Crippen molar-refractivity contribution in [2.24, 2.45) is 0 Å². The fourth-order valence-corrected chi connectivity index (χ4v) is 2.24. The van der Waals surface area contributed by atoms with Crippen LogP contribution in [0.3, 0.4) is 0 Å². The van der Waals surface area contributed by atoms with E-state index in [-0.39, 0.29) is 11.5 Å². The maximum atomic E-state index is 14.0. The smallest absolute Gasteiger partial charge is 0.207 e. The summed E-state index contributed by atoms with van der Waals surface area (Å²) < 4.78 is 24.0. The average Bonchev–Trinajstić information content (AvgIpc) is 2.29. The summed E-state index contributed by atoms with van der Waals surface area (Å²) in [5.41, 5.74) is 0.0467. The number of hydrogen-bond acceptors (Lipinski definition) is 3. The molecule has 0 unspecified atom stereocenters. The summed E-state index contributed by atoms with van der Waals surface area (Å²) in [7, 11) is 2.81. The molecule has 0 N–H and O–H groups in total. The highest BCUT2D eigenvalue weighted by atomic mass is 19.1. The second kappa shape index (κ2) is 4.25. The first-order valence-electron chi connectivity index (χ1n) is 5.51. The summed E-state index contributed by atoms with van der Waals surface area (Å²) in [5.74, 6) is -0.266. The molecule has 1 aromatic carbocycles. The molecule has 0 radical (unpaired) electrons. The molecule has 1 aliphatic rings. The lowest BCUT2D eigenvalue weighted by Gasteiger charge is -2.36. The van der Waals surface area contributed by atoms with Gasteiger partial charge in [-0.05, 0) is 31.4 Å². The third-order valence-corrected chi connectivity index (χ3v) is 3.42. The van der Waals surface area contributed by atoms with Gasteiger partial charge in [0, 0.05) is 5.56 Å². The van der Waals surface area contributed by atoms with Gasteiger partial charge >= 0.3 is 0 Å². The van der Waals surface area contributed by atoms with Crippen molar-refractivity contribution < 1.29 is 13.9 Å². The number of nitrogens with zero attached hydrogens (tertiary/aromatic N) is 1. The molecule has 3 nitrogen and oxygen atoms in total. The van der Waals surface area contributed by atoms with E-state index in [9.17, 15) is 9.65 Å². The van der Waals surface area contributed by atoms with E-state index in [0.29, 0.717) is 5.56 Å². The number of ether oxygens (including phenoxy) is 2. The van der Waals surface area contributed by atoms with Crippen molar-refractivity contribution in [1.29, 1.82) is 5.26 Å². The Labute approximate surface area is 99.8 Å². The van der Waals surface area contributed by atoms with Gasteiger partial charge in [0.2, 0.25) is 5.82 Å². The molecular weight excluding hydrogens is 221 g/mol. The van der Waals surface area contributed by atoms with Crippen molar-refractivity contribution in [3.63, 3.8) is 0 Å². The maximum absolute atomic E-state index is 14.0. The summed E-state index contributed by atoms with van der Waals surface area (Å²) >= 11 is 0. The zero-order chi connectivity index (χ0) is 12.5. The van der Waals surface area contributed by atoms with Crippen LogP contribution in [0.4, 0.5) is 4.39 Å². The van der Waals surface area contributed by atoms with Crippen LogP contribution in [0.5, 0.6) is 11.5 Å². The first-order chi connectivity index (χ1) is 8.18. The number of methoxy groups -OCH3 is 2. The Morgan fingerprint density at radius 2 is 2.00 bits per heavy atom. The fraction of sp³-hybridized carbons (Fsp3) is 0.462. The molecule has 0 atom stereocenters. The second-order valence-electron chi connectivity index (χ2n) is 4.21. The van der Waals surface area contributed by atoms with Gasteiger partial charge in [0.25, 0.3) is 0 Å². The van der Waals surface area contributed by atoms with Crippen LogP contribution in [0.15, 0.2) is 12.1 Å². The first kappa shape index (κ1) is 11.7. The molecule has 1 saturated carbocycles. The minimum absolute atomic E-state index is 0.130. The Bertz CT molecular complexity index is 475. The van der Waals surface area contributed by atoms with Crippen LogP contribution in [0, 0.1) is 17.1 Å². The molecule has 1 fully saturated rings.